The Morgan fingerprint density at radius 3 is 2.67 bits per heavy atom. The van der Waals surface area contributed by atoms with Crippen molar-refractivity contribution in [2.24, 2.45) is 0 Å². The molecule has 2 aromatic rings. The summed E-state index contributed by atoms with van der Waals surface area (Å²) in [6.07, 6.45) is 4.98. The van der Waals surface area contributed by atoms with Gasteiger partial charge in [0.05, 0.1) is 12.4 Å². The van der Waals surface area contributed by atoms with E-state index in [1.807, 2.05) is 12.1 Å². The van der Waals surface area contributed by atoms with Crippen LogP contribution in [-0.4, -0.2) is 10.1 Å². The van der Waals surface area contributed by atoms with Gasteiger partial charge in [0.15, 0.2) is 4.67 Å². The Balaban J connectivity index is 2.11. The van der Waals surface area contributed by atoms with E-state index in [2.05, 4.69) is 20.9 Å². The van der Waals surface area contributed by atoms with Crippen molar-refractivity contribution in [3.8, 4) is 0 Å². The first kappa shape index (κ1) is 10.4. The summed E-state index contributed by atoms with van der Waals surface area (Å²) in [6, 6.07) is 5.53. The Kier molecular flexibility index (Phi) is 3.18. The maximum atomic E-state index is 9.93. The standard InChI is InChI=1S/C11H10BrNO2/c12-11-9(3-6-15-11)10(14)7-8-1-4-13-5-2-8/h1-6,10,14H,7H2. The largest absolute Gasteiger partial charge is 0.457 e. The summed E-state index contributed by atoms with van der Waals surface area (Å²) in [7, 11) is 0. The second-order valence-corrected chi connectivity index (χ2v) is 3.95. The third-order valence-corrected chi connectivity index (χ3v) is 2.83. The van der Waals surface area contributed by atoms with Crippen molar-refractivity contribution in [1.29, 1.82) is 0 Å². The van der Waals surface area contributed by atoms with Gasteiger partial charge in [0.1, 0.15) is 0 Å². The highest BCUT2D eigenvalue weighted by molar-refractivity contribution is 9.10. The van der Waals surface area contributed by atoms with Crippen molar-refractivity contribution >= 4 is 15.9 Å². The number of nitrogens with zero attached hydrogens (tertiary/aromatic N) is 1. The third-order valence-electron chi connectivity index (χ3n) is 2.18. The topological polar surface area (TPSA) is 46.3 Å². The molecule has 1 atom stereocenters. The number of pyridine rings is 1. The van der Waals surface area contributed by atoms with E-state index in [4.69, 9.17) is 4.42 Å². The van der Waals surface area contributed by atoms with E-state index in [-0.39, 0.29) is 0 Å². The fourth-order valence-corrected chi connectivity index (χ4v) is 1.90. The SMILES string of the molecule is OC(Cc1ccncc1)c1ccoc1Br. The van der Waals surface area contributed by atoms with Crippen molar-refractivity contribution in [1.82, 2.24) is 4.98 Å². The van der Waals surface area contributed by atoms with Crippen molar-refractivity contribution in [3.05, 3.63) is 52.7 Å². The fourth-order valence-electron chi connectivity index (χ4n) is 1.39. The molecule has 1 unspecified atom stereocenters. The van der Waals surface area contributed by atoms with Crippen LogP contribution in [0.15, 0.2) is 45.9 Å². The van der Waals surface area contributed by atoms with Crippen LogP contribution in [0.4, 0.5) is 0 Å². The smallest absolute Gasteiger partial charge is 0.174 e. The molecule has 0 amide bonds. The summed E-state index contributed by atoms with van der Waals surface area (Å²) in [4.78, 5) is 3.92. The average molecular weight is 268 g/mol. The minimum Gasteiger partial charge on any atom is -0.457 e. The number of furan rings is 1. The molecule has 4 heteroatoms. The Labute approximate surface area is 95.9 Å². The van der Waals surface area contributed by atoms with E-state index in [0.29, 0.717) is 11.1 Å². The zero-order chi connectivity index (χ0) is 10.7. The highest BCUT2D eigenvalue weighted by Gasteiger charge is 2.13. The molecule has 2 heterocycles. The second-order valence-electron chi connectivity index (χ2n) is 3.23. The summed E-state index contributed by atoms with van der Waals surface area (Å²) in [5.74, 6) is 0. The third kappa shape index (κ3) is 2.46. The van der Waals surface area contributed by atoms with Gasteiger partial charge in [-0.2, -0.15) is 0 Å². The van der Waals surface area contributed by atoms with Gasteiger partial charge in [0.25, 0.3) is 0 Å². The summed E-state index contributed by atoms with van der Waals surface area (Å²) in [5, 5.41) is 9.93. The lowest BCUT2D eigenvalue weighted by Gasteiger charge is -2.08. The van der Waals surface area contributed by atoms with Crippen LogP contribution in [0, 0.1) is 0 Å². The molecule has 0 aliphatic carbocycles. The zero-order valence-electron chi connectivity index (χ0n) is 7.93. The Bertz CT molecular complexity index is 427. The Morgan fingerprint density at radius 1 is 1.33 bits per heavy atom. The quantitative estimate of drug-likeness (QED) is 0.930. The number of aromatic nitrogens is 1. The maximum Gasteiger partial charge on any atom is 0.174 e. The minimum atomic E-state index is -0.555. The minimum absolute atomic E-state index is 0.555. The maximum absolute atomic E-state index is 9.93. The number of hydrogen-bond donors (Lipinski definition) is 1. The molecule has 15 heavy (non-hydrogen) atoms. The van der Waals surface area contributed by atoms with Crippen LogP contribution in [-0.2, 0) is 6.42 Å². The van der Waals surface area contributed by atoms with Gasteiger partial charge in [0, 0.05) is 24.4 Å². The number of aliphatic hydroxyl groups excluding tert-OH is 1. The van der Waals surface area contributed by atoms with E-state index in [9.17, 15) is 5.11 Å². The van der Waals surface area contributed by atoms with E-state index in [1.54, 1.807) is 24.7 Å². The van der Waals surface area contributed by atoms with Gasteiger partial charge in [0.2, 0.25) is 0 Å². The molecule has 0 saturated carbocycles. The van der Waals surface area contributed by atoms with Crippen LogP contribution < -0.4 is 0 Å². The van der Waals surface area contributed by atoms with E-state index in [1.165, 1.54) is 0 Å². The summed E-state index contributed by atoms with van der Waals surface area (Å²) < 4.78 is 5.65. The monoisotopic (exact) mass is 267 g/mol. The lowest BCUT2D eigenvalue weighted by atomic mass is 10.1. The number of halogens is 1. The Hall–Kier alpha value is -1.13. The van der Waals surface area contributed by atoms with Crippen molar-refractivity contribution in [2.75, 3.05) is 0 Å². The average Bonchev–Trinajstić information content (AvgIpc) is 2.66. The summed E-state index contributed by atoms with van der Waals surface area (Å²) >= 11 is 3.24. The van der Waals surface area contributed by atoms with Crippen LogP contribution in [0.5, 0.6) is 0 Å². The molecular weight excluding hydrogens is 258 g/mol. The molecule has 0 aliphatic rings. The zero-order valence-corrected chi connectivity index (χ0v) is 9.52. The van der Waals surface area contributed by atoms with Crippen molar-refractivity contribution in [3.63, 3.8) is 0 Å². The van der Waals surface area contributed by atoms with Crippen LogP contribution in [0.3, 0.4) is 0 Å². The number of rotatable bonds is 3. The fraction of sp³-hybridized carbons (Fsp3) is 0.182. The van der Waals surface area contributed by atoms with Gasteiger partial charge in [-0.3, -0.25) is 4.98 Å². The molecule has 3 nitrogen and oxygen atoms in total. The molecule has 0 radical (unpaired) electrons. The molecule has 2 aromatic heterocycles. The predicted octanol–water partition coefficient (Wildman–Crippen LogP) is 2.71. The van der Waals surface area contributed by atoms with E-state index >= 15 is 0 Å². The molecule has 0 fully saturated rings. The van der Waals surface area contributed by atoms with Gasteiger partial charge < -0.3 is 9.52 Å². The van der Waals surface area contributed by atoms with Crippen LogP contribution >= 0.6 is 15.9 Å². The lowest BCUT2D eigenvalue weighted by Crippen LogP contribution is -2.01. The normalized spacial score (nSPS) is 12.7. The van der Waals surface area contributed by atoms with E-state index in [0.717, 1.165) is 11.1 Å². The first-order valence-corrected chi connectivity index (χ1v) is 5.36. The van der Waals surface area contributed by atoms with Crippen LogP contribution in [0.2, 0.25) is 0 Å². The highest BCUT2D eigenvalue weighted by Crippen LogP contribution is 2.26. The Morgan fingerprint density at radius 2 is 2.07 bits per heavy atom. The molecule has 0 bridgehead atoms. The molecule has 0 aliphatic heterocycles. The lowest BCUT2D eigenvalue weighted by molar-refractivity contribution is 0.176. The van der Waals surface area contributed by atoms with Crippen molar-refractivity contribution in [2.45, 2.75) is 12.5 Å². The summed E-state index contributed by atoms with van der Waals surface area (Å²) in [5.41, 5.74) is 1.82. The van der Waals surface area contributed by atoms with Gasteiger partial charge >= 0.3 is 0 Å². The number of hydrogen-bond acceptors (Lipinski definition) is 3. The van der Waals surface area contributed by atoms with Crippen LogP contribution in [0.25, 0.3) is 0 Å². The molecule has 1 N–H and O–H groups in total. The number of aliphatic hydroxyl groups is 1. The molecule has 78 valence electrons. The first-order chi connectivity index (χ1) is 7.27. The first-order valence-electron chi connectivity index (χ1n) is 4.57. The summed E-state index contributed by atoms with van der Waals surface area (Å²) in [6.45, 7) is 0. The molecular formula is C11H10BrNO2. The van der Waals surface area contributed by atoms with Gasteiger partial charge in [-0.15, -0.1) is 0 Å². The van der Waals surface area contributed by atoms with Crippen LogP contribution in [0.1, 0.15) is 17.2 Å². The van der Waals surface area contributed by atoms with E-state index < -0.39 is 6.10 Å². The molecule has 0 saturated heterocycles. The second kappa shape index (κ2) is 4.59. The molecule has 0 spiro atoms. The molecule has 0 aromatic carbocycles. The van der Waals surface area contributed by atoms with Gasteiger partial charge in [-0.1, -0.05) is 0 Å². The van der Waals surface area contributed by atoms with Crippen molar-refractivity contribution < 1.29 is 9.52 Å². The molecule has 2 rings (SSSR count). The van der Waals surface area contributed by atoms with Gasteiger partial charge in [-0.25, -0.2) is 0 Å². The highest BCUT2D eigenvalue weighted by atomic mass is 79.9. The van der Waals surface area contributed by atoms with Gasteiger partial charge in [-0.05, 0) is 39.7 Å². The predicted molar refractivity (Wildman–Crippen MR) is 59.3 cm³/mol.